The molecular formula is C17H29N. The molecule has 0 aliphatic rings. The van der Waals surface area contributed by atoms with E-state index in [0.717, 1.165) is 6.54 Å². The summed E-state index contributed by atoms with van der Waals surface area (Å²) in [4.78, 5) is 0. The van der Waals surface area contributed by atoms with E-state index in [9.17, 15) is 0 Å². The van der Waals surface area contributed by atoms with Gasteiger partial charge in [-0.1, -0.05) is 64.2 Å². The van der Waals surface area contributed by atoms with Crippen molar-refractivity contribution >= 4 is 5.69 Å². The molecule has 0 aliphatic carbocycles. The first kappa shape index (κ1) is 15.1. The van der Waals surface area contributed by atoms with Crippen molar-refractivity contribution in [1.82, 2.24) is 0 Å². The normalized spacial score (nSPS) is 10.6. The van der Waals surface area contributed by atoms with Gasteiger partial charge >= 0.3 is 0 Å². The zero-order valence-corrected chi connectivity index (χ0v) is 12.2. The van der Waals surface area contributed by atoms with Crippen molar-refractivity contribution in [2.45, 2.75) is 65.2 Å². The molecule has 0 spiro atoms. The van der Waals surface area contributed by atoms with Crippen LogP contribution >= 0.6 is 0 Å². The third-order valence-electron chi connectivity index (χ3n) is 3.41. The minimum absolute atomic E-state index is 1.12. The van der Waals surface area contributed by atoms with Crippen LogP contribution in [-0.4, -0.2) is 6.54 Å². The van der Waals surface area contributed by atoms with Gasteiger partial charge in [-0.25, -0.2) is 0 Å². The van der Waals surface area contributed by atoms with Crippen LogP contribution in [0.1, 0.15) is 64.4 Å². The molecule has 0 radical (unpaired) electrons. The molecule has 0 bridgehead atoms. The number of hydrogen-bond donors (Lipinski definition) is 1. The van der Waals surface area contributed by atoms with E-state index in [4.69, 9.17) is 0 Å². The van der Waals surface area contributed by atoms with Crippen molar-refractivity contribution in [1.29, 1.82) is 0 Å². The first-order valence-electron chi connectivity index (χ1n) is 7.70. The molecule has 1 nitrogen and oxygen atoms in total. The summed E-state index contributed by atoms with van der Waals surface area (Å²) in [5, 5.41) is 3.60. The molecular weight excluding hydrogens is 218 g/mol. The number of rotatable bonds is 10. The fourth-order valence-corrected chi connectivity index (χ4v) is 2.25. The summed E-state index contributed by atoms with van der Waals surface area (Å²) in [5.41, 5.74) is 2.84. The van der Waals surface area contributed by atoms with E-state index < -0.39 is 0 Å². The molecule has 102 valence electrons. The SMILES string of the molecule is CCCCCCNc1ccccc1CCCCC. The van der Waals surface area contributed by atoms with E-state index >= 15 is 0 Å². The zero-order valence-electron chi connectivity index (χ0n) is 12.2. The number of aryl methyl sites for hydroxylation is 1. The third-order valence-corrected chi connectivity index (χ3v) is 3.41. The number of para-hydroxylation sites is 1. The first-order chi connectivity index (χ1) is 8.88. The average Bonchev–Trinajstić information content (AvgIpc) is 2.40. The highest BCUT2D eigenvalue weighted by Gasteiger charge is 2.00. The second kappa shape index (κ2) is 9.99. The van der Waals surface area contributed by atoms with E-state index in [1.165, 1.54) is 62.6 Å². The molecule has 1 aromatic rings. The molecule has 1 rings (SSSR count). The van der Waals surface area contributed by atoms with Gasteiger partial charge in [-0.05, 0) is 30.9 Å². The molecule has 0 atom stereocenters. The van der Waals surface area contributed by atoms with Crippen molar-refractivity contribution in [3.63, 3.8) is 0 Å². The Labute approximate surface area is 113 Å². The highest BCUT2D eigenvalue weighted by Crippen LogP contribution is 2.18. The van der Waals surface area contributed by atoms with Gasteiger partial charge < -0.3 is 5.32 Å². The Bertz CT molecular complexity index is 306. The molecule has 1 N–H and O–H groups in total. The van der Waals surface area contributed by atoms with E-state index in [2.05, 4.69) is 43.4 Å². The summed E-state index contributed by atoms with van der Waals surface area (Å²) in [6.07, 6.45) is 10.5. The third kappa shape index (κ3) is 6.09. The summed E-state index contributed by atoms with van der Waals surface area (Å²) in [7, 11) is 0. The van der Waals surface area contributed by atoms with Crippen LogP contribution in [0.25, 0.3) is 0 Å². The van der Waals surface area contributed by atoms with E-state index in [1.54, 1.807) is 0 Å². The van der Waals surface area contributed by atoms with Crippen molar-refractivity contribution in [3.05, 3.63) is 29.8 Å². The van der Waals surface area contributed by atoms with E-state index in [-0.39, 0.29) is 0 Å². The zero-order chi connectivity index (χ0) is 13.1. The summed E-state index contributed by atoms with van der Waals surface area (Å²) in [5.74, 6) is 0. The second-order valence-corrected chi connectivity index (χ2v) is 5.10. The second-order valence-electron chi connectivity index (χ2n) is 5.10. The number of benzene rings is 1. The Morgan fingerprint density at radius 3 is 2.33 bits per heavy atom. The smallest absolute Gasteiger partial charge is 0.0372 e. The minimum Gasteiger partial charge on any atom is -0.385 e. The lowest BCUT2D eigenvalue weighted by molar-refractivity contribution is 0.684. The summed E-state index contributed by atoms with van der Waals surface area (Å²) >= 11 is 0. The molecule has 0 saturated heterocycles. The average molecular weight is 247 g/mol. The van der Waals surface area contributed by atoms with Crippen molar-refractivity contribution in [2.24, 2.45) is 0 Å². The number of hydrogen-bond acceptors (Lipinski definition) is 1. The number of anilines is 1. The maximum atomic E-state index is 3.60. The van der Waals surface area contributed by atoms with E-state index in [0.29, 0.717) is 0 Å². The lowest BCUT2D eigenvalue weighted by Gasteiger charge is -2.11. The molecule has 0 aromatic heterocycles. The summed E-state index contributed by atoms with van der Waals surface area (Å²) in [6, 6.07) is 8.78. The van der Waals surface area contributed by atoms with E-state index in [1.807, 2.05) is 0 Å². The van der Waals surface area contributed by atoms with Gasteiger partial charge in [0.15, 0.2) is 0 Å². The van der Waals surface area contributed by atoms with Gasteiger partial charge in [0.05, 0.1) is 0 Å². The monoisotopic (exact) mass is 247 g/mol. The molecule has 0 amide bonds. The number of unbranched alkanes of at least 4 members (excludes halogenated alkanes) is 5. The maximum absolute atomic E-state index is 3.60. The Hall–Kier alpha value is -0.980. The van der Waals surface area contributed by atoms with Crippen molar-refractivity contribution < 1.29 is 0 Å². The quantitative estimate of drug-likeness (QED) is 0.545. The van der Waals surface area contributed by atoms with Crippen LogP contribution in [0.3, 0.4) is 0 Å². The largest absolute Gasteiger partial charge is 0.385 e. The van der Waals surface area contributed by atoms with Crippen molar-refractivity contribution in [2.75, 3.05) is 11.9 Å². The van der Waals surface area contributed by atoms with Crippen LogP contribution in [0.5, 0.6) is 0 Å². The lowest BCUT2D eigenvalue weighted by Crippen LogP contribution is -2.04. The standard InChI is InChI=1S/C17H29N/c1-3-5-7-11-15-18-17-14-10-9-13-16(17)12-8-6-4-2/h9-10,13-14,18H,3-8,11-12,15H2,1-2H3. The fraction of sp³-hybridized carbons (Fsp3) is 0.647. The van der Waals surface area contributed by atoms with Crippen LogP contribution in [0, 0.1) is 0 Å². The van der Waals surface area contributed by atoms with Gasteiger partial charge in [0, 0.05) is 12.2 Å². The first-order valence-corrected chi connectivity index (χ1v) is 7.70. The Morgan fingerprint density at radius 1 is 0.833 bits per heavy atom. The van der Waals surface area contributed by atoms with Crippen LogP contribution in [-0.2, 0) is 6.42 Å². The summed E-state index contributed by atoms with van der Waals surface area (Å²) < 4.78 is 0. The lowest BCUT2D eigenvalue weighted by atomic mass is 10.1. The molecule has 0 fully saturated rings. The highest BCUT2D eigenvalue weighted by molar-refractivity contribution is 5.51. The van der Waals surface area contributed by atoms with Gasteiger partial charge in [-0.2, -0.15) is 0 Å². The topological polar surface area (TPSA) is 12.0 Å². The predicted molar refractivity (Wildman–Crippen MR) is 82.3 cm³/mol. The molecule has 1 aromatic carbocycles. The van der Waals surface area contributed by atoms with Crippen LogP contribution in [0.4, 0.5) is 5.69 Å². The van der Waals surface area contributed by atoms with Crippen molar-refractivity contribution in [3.8, 4) is 0 Å². The van der Waals surface area contributed by atoms with Gasteiger partial charge in [-0.15, -0.1) is 0 Å². The highest BCUT2D eigenvalue weighted by atomic mass is 14.9. The molecule has 0 saturated carbocycles. The Kier molecular flexibility index (Phi) is 8.37. The predicted octanol–water partition coefficient (Wildman–Crippen LogP) is 5.41. The fourth-order valence-electron chi connectivity index (χ4n) is 2.25. The maximum Gasteiger partial charge on any atom is 0.0372 e. The Balaban J connectivity index is 2.33. The van der Waals surface area contributed by atoms with Crippen LogP contribution in [0.15, 0.2) is 24.3 Å². The van der Waals surface area contributed by atoms with Gasteiger partial charge in [0.25, 0.3) is 0 Å². The Morgan fingerprint density at radius 2 is 1.56 bits per heavy atom. The molecule has 18 heavy (non-hydrogen) atoms. The molecule has 0 unspecified atom stereocenters. The molecule has 0 heterocycles. The minimum atomic E-state index is 1.12. The molecule has 1 heteroatoms. The number of nitrogens with one attached hydrogen (secondary N) is 1. The van der Waals surface area contributed by atoms with Gasteiger partial charge in [-0.3, -0.25) is 0 Å². The molecule has 0 aliphatic heterocycles. The van der Waals surface area contributed by atoms with Crippen LogP contribution in [0.2, 0.25) is 0 Å². The van der Waals surface area contributed by atoms with Gasteiger partial charge in [0.2, 0.25) is 0 Å². The van der Waals surface area contributed by atoms with Crippen LogP contribution < -0.4 is 5.32 Å². The summed E-state index contributed by atoms with van der Waals surface area (Å²) in [6.45, 7) is 5.64. The van der Waals surface area contributed by atoms with Gasteiger partial charge in [0.1, 0.15) is 0 Å².